The van der Waals surface area contributed by atoms with Crippen LogP contribution in [-0.4, -0.2) is 45.6 Å². The quantitative estimate of drug-likeness (QED) is 0.644. The molecule has 0 aliphatic carbocycles. The molecule has 156 valence electrons. The van der Waals surface area contributed by atoms with Crippen molar-refractivity contribution < 1.29 is 19.3 Å². The van der Waals surface area contributed by atoms with Crippen LogP contribution < -0.4 is 19.9 Å². The summed E-state index contributed by atoms with van der Waals surface area (Å²) in [6, 6.07) is 11.1. The molecule has 3 aromatic rings. The Morgan fingerprint density at radius 3 is 3.13 bits per heavy atom. The van der Waals surface area contributed by atoms with Gasteiger partial charge in [0.1, 0.15) is 19.8 Å². The van der Waals surface area contributed by atoms with E-state index in [1.165, 1.54) is 0 Å². The van der Waals surface area contributed by atoms with Crippen molar-refractivity contribution in [1.29, 1.82) is 0 Å². The molecule has 8 heteroatoms. The first kappa shape index (κ1) is 19.2. The first-order valence-corrected chi connectivity index (χ1v) is 9.93. The average molecular weight is 417 g/mol. The minimum absolute atomic E-state index is 0.181. The normalized spacial score (nSPS) is 15.8. The molecule has 2 aliphatic rings. The van der Waals surface area contributed by atoms with Crippen molar-refractivity contribution in [3.8, 4) is 40.6 Å². The number of hydrogen-bond acceptors (Lipinski definition) is 7. The molecule has 2 aliphatic heterocycles. The molecule has 0 radical (unpaired) electrons. The van der Waals surface area contributed by atoms with Gasteiger partial charge < -0.3 is 19.3 Å². The van der Waals surface area contributed by atoms with Crippen molar-refractivity contribution in [2.45, 2.75) is 19.1 Å². The molecule has 4 heterocycles. The summed E-state index contributed by atoms with van der Waals surface area (Å²) in [4.78, 5) is 20.8. The van der Waals surface area contributed by atoms with Crippen molar-refractivity contribution in [2.75, 3.05) is 19.8 Å². The molecule has 1 N–H and O–H groups in total. The van der Waals surface area contributed by atoms with E-state index in [0.717, 1.165) is 22.4 Å². The number of aliphatic hydroxyl groups is 1. The summed E-state index contributed by atoms with van der Waals surface area (Å²) in [5.74, 6) is 6.85. The maximum Gasteiger partial charge on any atom is 0.351 e. The number of benzene rings is 1. The van der Waals surface area contributed by atoms with Crippen LogP contribution >= 0.6 is 0 Å². The van der Waals surface area contributed by atoms with Gasteiger partial charge in [-0.25, -0.2) is 9.78 Å². The topological polar surface area (TPSA) is 95.7 Å². The Balaban J connectivity index is 1.37. The molecule has 1 aromatic carbocycles. The monoisotopic (exact) mass is 417 g/mol. The number of pyridine rings is 1. The molecular weight excluding hydrogens is 398 g/mol. The minimum atomic E-state index is -0.349. The average Bonchev–Trinajstić information content (AvgIpc) is 2.81. The smallest absolute Gasteiger partial charge is 0.351 e. The molecule has 0 saturated carbocycles. The van der Waals surface area contributed by atoms with Gasteiger partial charge in [0.25, 0.3) is 5.88 Å². The maximum absolute atomic E-state index is 12.6. The minimum Gasteiger partial charge on any atom is -0.478 e. The first-order chi connectivity index (χ1) is 15.2. The highest BCUT2D eigenvalue weighted by atomic mass is 16.6. The first-order valence-electron chi connectivity index (χ1n) is 9.93. The van der Waals surface area contributed by atoms with Crippen LogP contribution in [-0.2, 0) is 13.0 Å². The molecular formula is C23H19N3O5. The van der Waals surface area contributed by atoms with Gasteiger partial charge in [0.15, 0.2) is 11.9 Å². The van der Waals surface area contributed by atoms with Crippen LogP contribution in [0.4, 0.5) is 0 Å². The zero-order valence-electron chi connectivity index (χ0n) is 16.6. The molecule has 31 heavy (non-hydrogen) atoms. The number of nitrogens with zero attached hydrogens (tertiary/aromatic N) is 3. The summed E-state index contributed by atoms with van der Waals surface area (Å²) >= 11 is 0. The van der Waals surface area contributed by atoms with Crippen molar-refractivity contribution >= 4 is 0 Å². The summed E-state index contributed by atoms with van der Waals surface area (Å²) in [5, 5.41) is 8.90. The molecule has 0 amide bonds. The van der Waals surface area contributed by atoms with Crippen molar-refractivity contribution in [3.63, 3.8) is 0 Å². The lowest BCUT2D eigenvalue weighted by Gasteiger charge is -2.25. The van der Waals surface area contributed by atoms with Crippen LogP contribution in [0.1, 0.15) is 11.1 Å². The zero-order chi connectivity index (χ0) is 21.2. The largest absolute Gasteiger partial charge is 0.478 e. The fourth-order valence-electron chi connectivity index (χ4n) is 3.72. The van der Waals surface area contributed by atoms with E-state index < -0.39 is 0 Å². The fraction of sp³-hybridized carbons (Fsp3) is 0.261. The van der Waals surface area contributed by atoms with E-state index in [2.05, 4.69) is 21.8 Å². The van der Waals surface area contributed by atoms with Gasteiger partial charge in [0.05, 0.1) is 5.69 Å². The summed E-state index contributed by atoms with van der Waals surface area (Å²) in [7, 11) is 0. The SMILES string of the molecule is O=c1nc(OCC2COc3ncccc3O2)cc2n1CCc1cc(C#CCO)ccc1-2. The van der Waals surface area contributed by atoms with Gasteiger partial charge in [0.2, 0.25) is 5.88 Å². The Labute approximate surface area is 178 Å². The molecule has 0 saturated heterocycles. The van der Waals surface area contributed by atoms with Crippen LogP contribution in [0.3, 0.4) is 0 Å². The highest BCUT2D eigenvalue weighted by Gasteiger charge is 2.24. The van der Waals surface area contributed by atoms with E-state index >= 15 is 0 Å². The number of aryl methyl sites for hydroxylation is 1. The van der Waals surface area contributed by atoms with Crippen LogP contribution in [0, 0.1) is 11.8 Å². The number of rotatable bonds is 3. The second kappa shape index (κ2) is 8.13. The summed E-state index contributed by atoms with van der Waals surface area (Å²) < 4.78 is 18.9. The second-order valence-electron chi connectivity index (χ2n) is 7.16. The van der Waals surface area contributed by atoms with Gasteiger partial charge in [-0.05, 0) is 36.2 Å². The molecule has 0 spiro atoms. The van der Waals surface area contributed by atoms with Gasteiger partial charge >= 0.3 is 5.69 Å². The lowest BCUT2D eigenvalue weighted by molar-refractivity contribution is 0.0486. The molecule has 1 unspecified atom stereocenters. The van der Waals surface area contributed by atoms with Gasteiger partial charge in [-0.1, -0.05) is 17.9 Å². The Morgan fingerprint density at radius 2 is 2.23 bits per heavy atom. The van der Waals surface area contributed by atoms with Crippen molar-refractivity contribution in [3.05, 3.63) is 64.2 Å². The Hall–Kier alpha value is -3.83. The fourth-order valence-corrected chi connectivity index (χ4v) is 3.72. The second-order valence-corrected chi connectivity index (χ2v) is 7.16. The Kier molecular flexibility index (Phi) is 5.02. The van der Waals surface area contributed by atoms with Crippen molar-refractivity contribution in [2.24, 2.45) is 0 Å². The number of fused-ring (bicyclic) bond motifs is 4. The molecule has 2 aromatic heterocycles. The highest BCUT2D eigenvalue weighted by molar-refractivity contribution is 5.67. The highest BCUT2D eigenvalue weighted by Crippen LogP contribution is 2.31. The van der Waals surface area contributed by atoms with Crippen LogP contribution in [0.15, 0.2) is 47.4 Å². The molecule has 0 bridgehead atoms. The summed E-state index contributed by atoms with van der Waals surface area (Å²) in [6.45, 7) is 0.843. The maximum atomic E-state index is 12.6. The van der Waals surface area contributed by atoms with E-state index in [1.807, 2.05) is 18.2 Å². The predicted molar refractivity (Wildman–Crippen MR) is 111 cm³/mol. The third-order valence-corrected chi connectivity index (χ3v) is 5.14. The zero-order valence-corrected chi connectivity index (χ0v) is 16.6. The van der Waals surface area contributed by atoms with E-state index in [1.54, 1.807) is 29.0 Å². The van der Waals surface area contributed by atoms with Crippen LogP contribution in [0.2, 0.25) is 0 Å². The number of aliphatic hydroxyl groups excluding tert-OH is 1. The third-order valence-electron chi connectivity index (χ3n) is 5.14. The van der Waals surface area contributed by atoms with E-state index in [-0.39, 0.29) is 30.9 Å². The summed E-state index contributed by atoms with van der Waals surface area (Å²) in [6.07, 6.45) is 2.01. The van der Waals surface area contributed by atoms with Crippen molar-refractivity contribution in [1.82, 2.24) is 14.5 Å². The van der Waals surface area contributed by atoms with Gasteiger partial charge in [-0.3, -0.25) is 4.57 Å². The lowest BCUT2D eigenvalue weighted by atomic mass is 9.95. The number of hydrogen-bond donors (Lipinski definition) is 1. The molecule has 8 nitrogen and oxygen atoms in total. The van der Waals surface area contributed by atoms with E-state index in [9.17, 15) is 4.79 Å². The lowest BCUT2D eigenvalue weighted by Crippen LogP contribution is -2.35. The van der Waals surface area contributed by atoms with Crippen LogP contribution in [0.25, 0.3) is 11.3 Å². The van der Waals surface area contributed by atoms with Gasteiger partial charge in [-0.2, -0.15) is 4.98 Å². The standard InChI is InChI=1S/C23H19N3O5/c27-10-2-3-15-5-6-18-16(11-15)7-9-26-19(18)12-21(25-23(26)28)29-13-17-14-30-22-20(31-17)4-1-8-24-22/h1,4-6,8,11-12,17,27H,7,9-10,13-14H2. The summed E-state index contributed by atoms with van der Waals surface area (Å²) in [5.41, 5.74) is 3.28. The van der Waals surface area contributed by atoms with E-state index in [0.29, 0.717) is 31.2 Å². The number of aromatic nitrogens is 3. The molecule has 0 fully saturated rings. The Morgan fingerprint density at radius 1 is 1.29 bits per heavy atom. The predicted octanol–water partition coefficient (Wildman–Crippen LogP) is 1.42. The van der Waals surface area contributed by atoms with Gasteiger partial charge in [-0.15, -0.1) is 0 Å². The molecule has 1 atom stereocenters. The van der Waals surface area contributed by atoms with Crippen LogP contribution in [0.5, 0.6) is 17.5 Å². The number of ether oxygens (including phenoxy) is 3. The Bertz CT molecular complexity index is 1260. The van der Waals surface area contributed by atoms with Gasteiger partial charge in [0, 0.05) is 29.9 Å². The molecule has 5 rings (SSSR count). The third kappa shape index (κ3) is 3.83. The van der Waals surface area contributed by atoms with E-state index in [4.69, 9.17) is 19.3 Å².